The maximum atomic E-state index is 6.07. The van der Waals surface area contributed by atoms with E-state index >= 15 is 0 Å². The number of nitrogens with zero attached hydrogens (tertiary/aromatic N) is 4. The molecular weight excluding hydrogens is 308 g/mol. The second-order valence-electron chi connectivity index (χ2n) is 4.68. The molecule has 0 saturated carbocycles. The van der Waals surface area contributed by atoms with E-state index in [9.17, 15) is 0 Å². The molecule has 110 valence electrons. The third-order valence-electron chi connectivity index (χ3n) is 3.29. The second-order valence-corrected chi connectivity index (χ2v) is 5.53. The summed E-state index contributed by atoms with van der Waals surface area (Å²) in [6.07, 6.45) is 1.74. The van der Waals surface area contributed by atoms with Gasteiger partial charge in [0.2, 0.25) is 5.28 Å². The highest BCUT2D eigenvalue weighted by Gasteiger charge is 2.18. The number of anilines is 1. The summed E-state index contributed by atoms with van der Waals surface area (Å²) < 4.78 is 5.36. The van der Waals surface area contributed by atoms with E-state index in [4.69, 9.17) is 16.3 Å². The lowest BCUT2D eigenvalue weighted by molar-refractivity contribution is 0.122. The van der Waals surface area contributed by atoms with Crippen molar-refractivity contribution in [2.45, 2.75) is 5.25 Å². The van der Waals surface area contributed by atoms with Gasteiger partial charge in [-0.2, -0.15) is 12.6 Å². The highest BCUT2D eigenvalue weighted by Crippen LogP contribution is 2.28. The molecule has 0 aliphatic carbocycles. The minimum atomic E-state index is -0.230. The first-order valence-corrected chi connectivity index (χ1v) is 7.59. The van der Waals surface area contributed by atoms with Crippen LogP contribution in [0.2, 0.25) is 5.28 Å². The van der Waals surface area contributed by atoms with Gasteiger partial charge >= 0.3 is 0 Å². The highest BCUT2D eigenvalue weighted by molar-refractivity contribution is 7.80. The number of halogens is 1. The Kier molecular flexibility index (Phi) is 4.57. The molecule has 1 aliphatic heterocycles. The van der Waals surface area contributed by atoms with Gasteiger partial charge in [-0.25, -0.2) is 9.97 Å². The zero-order valence-corrected chi connectivity index (χ0v) is 13.0. The Balaban J connectivity index is 1.90. The predicted molar refractivity (Wildman–Crippen MR) is 85.1 cm³/mol. The zero-order chi connectivity index (χ0) is 14.7. The fourth-order valence-electron chi connectivity index (χ4n) is 2.21. The van der Waals surface area contributed by atoms with Crippen LogP contribution in [0.25, 0.3) is 0 Å². The lowest BCUT2D eigenvalue weighted by Gasteiger charge is -2.28. The molecule has 7 heteroatoms. The molecule has 1 aliphatic rings. The van der Waals surface area contributed by atoms with Gasteiger partial charge in [0.15, 0.2) is 0 Å². The molecule has 0 aromatic carbocycles. The van der Waals surface area contributed by atoms with E-state index in [0.29, 0.717) is 13.2 Å². The fourth-order valence-corrected chi connectivity index (χ4v) is 2.68. The minimum Gasteiger partial charge on any atom is -0.378 e. The number of pyridine rings is 1. The van der Waals surface area contributed by atoms with Crippen LogP contribution < -0.4 is 4.90 Å². The van der Waals surface area contributed by atoms with Crippen molar-refractivity contribution in [3.05, 3.63) is 47.1 Å². The molecule has 3 heterocycles. The summed E-state index contributed by atoms with van der Waals surface area (Å²) in [5, 5.41) is -0.00420. The molecule has 0 spiro atoms. The Labute approximate surface area is 133 Å². The molecule has 5 nitrogen and oxygen atoms in total. The monoisotopic (exact) mass is 322 g/mol. The van der Waals surface area contributed by atoms with Crippen LogP contribution in [-0.2, 0) is 4.74 Å². The summed E-state index contributed by atoms with van der Waals surface area (Å²) in [5.41, 5.74) is 1.59. The SMILES string of the molecule is SC(c1ccccn1)c1cc(N2CCOCC2)nc(Cl)n1. The molecule has 0 amide bonds. The third kappa shape index (κ3) is 3.45. The van der Waals surface area contributed by atoms with Crippen molar-refractivity contribution in [1.29, 1.82) is 0 Å². The first kappa shape index (κ1) is 14.6. The third-order valence-corrected chi connectivity index (χ3v) is 3.99. The molecule has 1 atom stereocenters. The van der Waals surface area contributed by atoms with Crippen molar-refractivity contribution in [2.75, 3.05) is 31.2 Å². The van der Waals surface area contributed by atoms with Crippen LogP contribution in [0.3, 0.4) is 0 Å². The molecule has 21 heavy (non-hydrogen) atoms. The molecule has 1 unspecified atom stereocenters. The van der Waals surface area contributed by atoms with Crippen LogP contribution in [0, 0.1) is 0 Å². The molecule has 1 saturated heterocycles. The predicted octanol–water partition coefficient (Wildman–Crippen LogP) is 2.38. The first-order chi connectivity index (χ1) is 10.2. The topological polar surface area (TPSA) is 51.1 Å². The zero-order valence-electron chi connectivity index (χ0n) is 11.3. The standard InChI is InChI=1S/C14H15ClN4OS/c15-14-17-11(13(21)10-3-1-2-4-16-10)9-12(18-14)19-5-7-20-8-6-19/h1-4,9,13,21H,5-8H2. The van der Waals surface area contributed by atoms with E-state index in [2.05, 4.69) is 32.5 Å². The fraction of sp³-hybridized carbons (Fsp3) is 0.357. The van der Waals surface area contributed by atoms with Gasteiger partial charge in [0.25, 0.3) is 0 Å². The van der Waals surface area contributed by atoms with Gasteiger partial charge in [0, 0.05) is 25.4 Å². The number of hydrogen-bond donors (Lipinski definition) is 1. The summed E-state index contributed by atoms with van der Waals surface area (Å²) in [7, 11) is 0. The number of aromatic nitrogens is 3. The highest BCUT2D eigenvalue weighted by atomic mass is 35.5. The molecule has 2 aromatic heterocycles. The van der Waals surface area contributed by atoms with Gasteiger partial charge in [0.1, 0.15) is 5.82 Å². The van der Waals surface area contributed by atoms with Crippen LogP contribution in [-0.4, -0.2) is 41.3 Å². The van der Waals surface area contributed by atoms with Gasteiger partial charge in [-0.05, 0) is 23.7 Å². The number of ether oxygens (including phenoxy) is 1. The van der Waals surface area contributed by atoms with Gasteiger partial charge in [-0.3, -0.25) is 4.98 Å². The van der Waals surface area contributed by atoms with Crippen molar-refractivity contribution < 1.29 is 4.74 Å². The lowest BCUT2D eigenvalue weighted by atomic mass is 10.2. The van der Waals surface area contributed by atoms with E-state index in [-0.39, 0.29) is 10.5 Å². The van der Waals surface area contributed by atoms with Crippen LogP contribution in [0.5, 0.6) is 0 Å². The Morgan fingerprint density at radius 2 is 2.00 bits per heavy atom. The quantitative estimate of drug-likeness (QED) is 0.694. The largest absolute Gasteiger partial charge is 0.378 e. The number of hydrogen-bond acceptors (Lipinski definition) is 6. The summed E-state index contributed by atoms with van der Waals surface area (Å²) >= 11 is 10.7. The van der Waals surface area contributed by atoms with Gasteiger partial charge in [-0.1, -0.05) is 6.07 Å². The molecule has 1 fully saturated rings. The van der Waals surface area contributed by atoms with Crippen molar-refractivity contribution in [1.82, 2.24) is 15.0 Å². The van der Waals surface area contributed by atoms with E-state index in [1.54, 1.807) is 6.20 Å². The van der Waals surface area contributed by atoms with E-state index in [0.717, 1.165) is 30.3 Å². The normalized spacial score (nSPS) is 16.8. The number of thiol groups is 1. The molecule has 0 N–H and O–H groups in total. The molecule has 0 bridgehead atoms. The smallest absolute Gasteiger partial charge is 0.224 e. The van der Waals surface area contributed by atoms with Gasteiger partial charge in [0.05, 0.1) is 29.9 Å². The Bertz CT molecular complexity index is 607. The molecule has 2 aromatic rings. The summed E-state index contributed by atoms with van der Waals surface area (Å²) in [4.78, 5) is 15.0. The lowest BCUT2D eigenvalue weighted by Crippen LogP contribution is -2.36. The van der Waals surface area contributed by atoms with Crippen LogP contribution in [0.1, 0.15) is 16.6 Å². The maximum Gasteiger partial charge on any atom is 0.224 e. The van der Waals surface area contributed by atoms with E-state index in [1.165, 1.54) is 0 Å². The van der Waals surface area contributed by atoms with Crippen LogP contribution in [0.4, 0.5) is 5.82 Å². The average molecular weight is 323 g/mol. The molecule has 3 rings (SSSR count). The van der Waals surface area contributed by atoms with Gasteiger partial charge in [-0.15, -0.1) is 0 Å². The Morgan fingerprint density at radius 1 is 1.19 bits per heavy atom. The van der Waals surface area contributed by atoms with Crippen molar-refractivity contribution in [3.63, 3.8) is 0 Å². The number of morpholine rings is 1. The second kappa shape index (κ2) is 6.60. The summed E-state index contributed by atoms with van der Waals surface area (Å²) in [6, 6.07) is 7.64. The number of rotatable bonds is 3. The maximum absolute atomic E-state index is 6.07. The first-order valence-electron chi connectivity index (χ1n) is 6.70. The van der Waals surface area contributed by atoms with Crippen molar-refractivity contribution in [2.24, 2.45) is 0 Å². The van der Waals surface area contributed by atoms with Crippen LogP contribution in [0.15, 0.2) is 30.5 Å². The van der Waals surface area contributed by atoms with Crippen molar-refractivity contribution >= 4 is 30.0 Å². The summed E-state index contributed by atoms with van der Waals surface area (Å²) in [6.45, 7) is 2.99. The van der Waals surface area contributed by atoms with Gasteiger partial charge < -0.3 is 9.64 Å². The van der Waals surface area contributed by atoms with E-state index < -0.39 is 0 Å². The minimum absolute atomic E-state index is 0.226. The van der Waals surface area contributed by atoms with E-state index in [1.807, 2.05) is 24.3 Å². The molecular formula is C14H15ClN4OS. The Morgan fingerprint density at radius 3 is 2.71 bits per heavy atom. The Hall–Kier alpha value is -1.37. The van der Waals surface area contributed by atoms with Crippen molar-refractivity contribution in [3.8, 4) is 0 Å². The molecule has 0 radical (unpaired) electrons. The average Bonchev–Trinajstić information content (AvgIpc) is 2.55. The summed E-state index contributed by atoms with van der Waals surface area (Å²) in [5.74, 6) is 0.809. The van der Waals surface area contributed by atoms with Crippen LogP contribution >= 0.6 is 24.2 Å².